The van der Waals surface area contributed by atoms with E-state index in [0.29, 0.717) is 11.4 Å². The molecule has 2 aromatic heterocycles. The van der Waals surface area contributed by atoms with Crippen molar-refractivity contribution in [2.24, 2.45) is 0 Å². The third-order valence-corrected chi connectivity index (χ3v) is 4.12. The number of fused-ring (bicyclic) bond motifs is 1. The Morgan fingerprint density at radius 2 is 2.15 bits per heavy atom. The molecule has 0 aliphatic carbocycles. The number of nitrogens with zero attached hydrogens (tertiary/aromatic N) is 2. The Morgan fingerprint density at radius 3 is 2.85 bits per heavy atom. The number of aryl methyl sites for hydroxylation is 2. The van der Waals surface area contributed by atoms with Crippen LogP contribution in [0.4, 0.5) is 0 Å². The van der Waals surface area contributed by atoms with Gasteiger partial charge in [-0.25, -0.2) is 4.98 Å². The van der Waals surface area contributed by atoms with E-state index in [1.165, 1.54) is 11.1 Å². The largest absolute Gasteiger partial charge is 0.337 e. The number of hydrogen-bond acceptors (Lipinski definition) is 3. The standard InChI is InChI=1S/C16H13N3S/c1-10-6-14-15(7-11(10)2)19-16(18-14)12(9-17)8-13-4-3-5-20-13/h3-8H,1-2H3,(H,18,19)/b12-8+. The van der Waals surface area contributed by atoms with E-state index in [1.807, 2.05) is 29.7 Å². The number of nitriles is 1. The van der Waals surface area contributed by atoms with Crippen molar-refractivity contribution in [2.75, 3.05) is 0 Å². The number of allylic oxidation sites excluding steroid dienone is 1. The number of imidazole rings is 1. The summed E-state index contributed by atoms with van der Waals surface area (Å²) in [5, 5.41) is 11.3. The van der Waals surface area contributed by atoms with Crippen molar-refractivity contribution in [1.29, 1.82) is 5.26 Å². The van der Waals surface area contributed by atoms with Gasteiger partial charge in [-0.3, -0.25) is 0 Å². The molecule has 3 nitrogen and oxygen atoms in total. The van der Waals surface area contributed by atoms with Crippen molar-refractivity contribution in [1.82, 2.24) is 9.97 Å². The molecule has 2 heterocycles. The Bertz CT molecular complexity index is 794. The molecule has 0 saturated carbocycles. The number of benzene rings is 1. The molecule has 4 heteroatoms. The number of aromatic amines is 1. The Balaban J connectivity index is 2.11. The first-order valence-electron chi connectivity index (χ1n) is 6.30. The van der Waals surface area contributed by atoms with Crippen LogP contribution in [0, 0.1) is 25.2 Å². The van der Waals surface area contributed by atoms with Gasteiger partial charge in [-0.15, -0.1) is 11.3 Å². The highest BCUT2D eigenvalue weighted by atomic mass is 32.1. The Hall–Kier alpha value is -2.38. The number of thiophene rings is 1. The molecule has 20 heavy (non-hydrogen) atoms. The SMILES string of the molecule is Cc1cc2nc(/C(C#N)=C/c3cccs3)[nH]c2cc1C. The Labute approximate surface area is 121 Å². The van der Waals surface area contributed by atoms with Crippen LogP contribution >= 0.6 is 11.3 Å². The fraction of sp³-hybridized carbons (Fsp3) is 0.125. The molecule has 0 aliphatic rings. The van der Waals surface area contributed by atoms with Crippen LogP contribution in [0.25, 0.3) is 22.7 Å². The van der Waals surface area contributed by atoms with E-state index in [-0.39, 0.29) is 0 Å². The van der Waals surface area contributed by atoms with Gasteiger partial charge in [0.2, 0.25) is 0 Å². The molecule has 0 radical (unpaired) electrons. The van der Waals surface area contributed by atoms with Gasteiger partial charge in [-0.05, 0) is 54.6 Å². The summed E-state index contributed by atoms with van der Waals surface area (Å²) < 4.78 is 0. The van der Waals surface area contributed by atoms with E-state index in [2.05, 4.69) is 36.0 Å². The molecule has 3 rings (SSSR count). The van der Waals surface area contributed by atoms with Crippen LogP contribution < -0.4 is 0 Å². The van der Waals surface area contributed by atoms with E-state index in [4.69, 9.17) is 0 Å². The van der Waals surface area contributed by atoms with Gasteiger partial charge in [0, 0.05) is 4.88 Å². The molecule has 1 N–H and O–H groups in total. The van der Waals surface area contributed by atoms with E-state index in [0.717, 1.165) is 15.9 Å². The number of H-pyrrole nitrogens is 1. The van der Waals surface area contributed by atoms with Crippen LogP contribution in [-0.2, 0) is 0 Å². The number of nitrogens with one attached hydrogen (secondary N) is 1. The topological polar surface area (TPSA) is 52.5 Å². The van der Waals surface area contributed by atoms with Crippen LogP contribution in [0.15, 0.2) is 29.6 Å². The maximum absolute atomic E-state index is 9.34. The van der Waals surface area contributed by atoms with Crippen molar-refractivity contribution in [2.45, 2.75) is 13.8 Å². The Kier molecular flexibility index (Phi) is 3.13. The lowest BCUT2D eigenvalue weighted by molar-refractivity contribution is 1.27. The molecule has 1 aromatic carbocycles. The van der Waals surface area contributed by atoms with Crippen molar-refractivity contribution >= 4 is 34.0 Å². The molecule has 0 bridgehead atoms. The number of aromatic nitrogens is 2. The molecule has 0 unspecified atom stereocenters. The molecule has 0 amide bonds. The van der Waals surface area contributed by atoms with E-state index < -0.39 is 0 Å². The van der Waals surface area contributed by atoms with Gasteiger partial charge in [-0.2, -0.15) is 5.26 Å². The zero-order valence-corrected chi connectivity index (χ0v) is 12.1. The molecule has 0 aliphatic heterocycles. The van der Waals surface area contributed by atoms with Gasteiger partial charge in [0.15, 0.2) is 0 Å². The molecular weight excluding hydrogens is 266 g/mol. The highest BCUT2D eigenvalue weighted by Gasteiger charge is 2.09. The van der Waals surface area contributed by atoms with Crippen LogP contribution in [-0.4, -0.2) is 9.97 Å². The van der Waals surface area contributed by atoms with Crippen molar-refractivity contribution in [3.63, 3.8) is 0 Å². The highest BCUT2D eigenvalue weighted by molar-refractivity contribution is 7.10. The van der Waals surface area contributed by atoms with E-state index >= 15 is 0 Å². The lowest BCUT2D eigenvalue weighted by atomic mass is 10.1. The molecule has 3 aromatic rings. The van der Waals surface area contributed by atoms with Crippen LogP contribution in [0.3, 0.4) is 0 Å². The predicted molar refractivity (Wildman–Crippen MR) is 83.4 cm³/mol. The Morgan fingerprint density at radius 1 is 1.35 bits per heavy atom. The molecular formula is C16H13N3S. The lowest BCUT2D eigenvalue weighted by Gasteiger charge is -1.97. The first-order valence-corrected chi connectivity index (χ1v) is 7.18. The average Bonchev–Trinajstić information content (AvgIpc) is 3.05. The summed E-state index contributed by atoms with van der Waals surface area (Å²) in [7, 11) is 0. The zero-order chi connectivity index (χ0) is 14.1. The fourth-order valence-electron chi connectivity index (χ4n) is 2.07. The first kappa shape index (κ1) is 12.6. The average molecular weight is 279 g/mol. The van der Waals surface area contributed by atoms with E-state index in [9.17, 15) is 5.26 Å². The maximum Gasteiger partial charge on any atom is 0.149 e. The maximum atomic E-state index is 9.34. The summed E-state index contributed by atoms with van der Waals surface area (Å²) in [5.74, 6) is 0.626. The summed E-state index contributed by atoms with van der Waals surface area (Å²) in [6.07, 6.45) is 1.86. The van der Waals surface area contributed by atoms with Crippen molar-refractivity contribution < 1.29 is 0 Å². The quantitative estimate of drug-likeness (QED) is 0.711. The van der Waals surface area contributed by atoms with Crippen molar-refractivity contribution in [3.05, 3.63) is 51.5 Å². The summed E-state index contributed by atoms with van der Waals surface area (Å²) in [6.45, 7) is 4.14. The van der Waals surface area contributed by atoms with Crippen LogP contribution in [0.2, 0.25) is 0 Å². The monoisotopic (exact) mass is 279 g/mol. The smallest absolute Gasteiger partial charge is 0.149 e. The molecule has 0 spiro atoms. The number of rotatable bonds is 2. The zero-order valence-electron chi connectivity index (χ0n) is 11.3. The third kappa shape index (κ3) is 2.24. The summed E-state index contributed by atoms with van der Waals surface area (Å²) in [6, 6.07) is 10.3. The van der Waals surface area contributed by atoms with Gasteiger partial charge in [0.05, 0.1) is 16.6 Å². The van der Waals surface area contributed by atoms with Gasteiger partial charge >= 0.3 is 0 Å². The minimum atomic E-state index is 0.555. The molecule has 0 fully saturated rings. The number of hydrogen-bond donors (Lipinski definition) is 1. The molecule has 98 valence electrons. The van der Waals surface area contributed by atoms with Crippen LogP contribution in [0.5, 0.6) is 0 Å². The summed E-state index contributed by atoms with van der Waals surface area (Å²) in [5.41, 5.74) is 4.84. The molecule has 0 atom stereocenters. The van der Waals surface area contributed by atoms with Gasteiger partial charge in [0.1, 0.15) is 11.9 Å². The minimum absolute atomic E-state index is 0.555. The normalized spacial score (nSPS) is 11.8. The summed E-state index contributed by atoms with van der Waals surface area (Å²) in [4.78, 5) is 8.80. The summed E-state index contributed by atoms with van der Waals surface area (Å²) >= 11 is 1.60. The second-order valence-electron chi connectivity index (χ2n) is 4.72. The fourth-order valence-corrected chi connectivity index (χ4v) is 2.72. The van der Waals surface area contributed by atoms with Gasteiger partial charge in [0.25, 0.3) is 0 Å². The van der Waals surface area contributed by atoms with Gasteiger partial charge in [-0.1, -0.05) is 6.07 Å². The second-order valence-corrected chi connectivity index (χ2v) is 5.70. The molecule has 0 saturated heterocycles. The highest BCUT2D eigenvalue weighted by Crippen LogP contribution is 2.23. The lowest BCUT2D eigenvalue weighted by Crippen LogP contribution is -1.83. The minimum Gasteiger partial charge on any atom is -0.337 e. The van der Waals surface area contributed by atoms with Crippen molar-refractivity contribution in [3.8, 4) is 6.07 Å². The van der Waals surface area contributed by atoms with Gasteiger partial charge < -0.3 is 4.98 Å². The van der Waals surface area contributed by atoms with E-state index in [1.54, 1.807) is 11.3 Å². The first-order chi connectivity index (χ1) is 9.67. The van der Waals surface area contributed by atoms with Crippen LogP contribution in [0.1, 0.15) is 21.8 Å². The second kappa shape index (κ2) is 4.95. The predicted octanol–water partition coefficient (Wildman–Crippen LogP) is 4.31. The third-order valence-electron chi connectivity index (χ3n) is 3.30.